The summed E-state index contributed by atoms with van der Waals surface area (Å²) in [6.45, 7) is 7.77. The van der Waals surface area contributed by atoms with E-state index in [0.717, 1.165) is 6.26 Å². The van der Waals surface area contributed by atoms with Gasteiger partial charge in [-0.15, -0.1) is 0 Å². The summed E-state index contributed by atoms with van der Waals surface area (Å²) in [7, 11) is -6.62. The number of aryl methyl sites for hydroxylation is 3. The third-order valence-electron chi connectivity index (χ3n) is 5.49. The molecule has 0 spiro atoms. The maximum absolute atomic E-state index is 12.2. The van der Waals surface area contributed by atoms with Crippen molar-refractivity contribution in [1.82, 2.24) is 9.21 Å². The monoisotopic (exact) mass is 386 g/mol. The Morgan fingerprint density at radius 3 is 2.24 bits per heavy atom. The van der Waals surface area contributed by atoms with Gasteiger partial charge in [0, 0.05) is 25.7 Å². The molecule has 25 heavy (non-hydrogen) atoms. The number of benzene rings is 1. The van der Waals surface area contributed by atoms with Gasteiger partial charge in [0.2, 0.25) is 10.0 Å². The van der Waals surface area contributed by atoms with Gasteiger partial charge in [-0.2, -0.15) is 4.31 Å². The van der Waals surface area contributed by atoms with Crippen molar-refractivity contribution in [2.24, 2.45) is 0 Å². The van der Waals surface area contributed by atoms with Crippen LogP contribution in [-0.2, 0) is 26.4 Å². The fourth-order valence-corrected chi connectivity index (χ4v) is 7.24. The molecule has 2 aliphatic rings. The van der Waals surface area contributed by atoms with Crippen LogP contribution in [0, 0.1) is 20.8 Å². The van der Waals surface area contributed by atoms with E-state index in [9.17, 15) is 16.8 Å². The molecule has 2 saturated heterocycles. The molecular formula is C17H26N2O4S2. The fraction of sp³-hybridized carbons (Fsp3) is 0.647. The number of rotatable bonds is 3. The topological polar surface area (TPSA) is 74.8 Å². The molecule has 2 atom stereocenters. The number of fused-ring (bicyclic) bond motifs is 1. The Morgan fingerprint density at radius 1 is 1.00 bits per heavy atom. The normalized spacial score (nSPS) is 27.4. The zero-order valence-electron chi connectivity index (χ0n) is 15.2. The standard InChI is InChI=1S/C17H26N2O4S2/c1-12-7-14(3)15(8-13(12)2)9-18-5-6-19(24(4,20)21)17-11-25(22,23)10-16(17)18/h7-8,16-17H,5-6,9-11H2,1-4H3/t16-,17+/m0/s1. The molecule has 8 heteroatoms. The van der Waals surface area contributed by atoms with Crippen molar-refractivity contribution in [3.63, 3.8) is 0 Å². The van der Waals surface area contributed by atoms with E-state index in [4.69, 9.17) is 0 Å². The van der Waals surface area contributed by atoms with Crippen LogP contribution in [0.5, 0.6) is 0 Å². The van der Waals surface area contributed by atoms with Gasteiger partial charge in [0.25, 0.3) is 0 Å². The van der Waals surface area contributed by atoms with Crippen molar-refractivity contribution < 1.29 is 16.8 Å². The van der Waals surface area contributed by atoms with Crippen LogP contribution in [0.2, 0.25) is 0 Å². The summed E-state index contributed by atoms with van der Waals surface area (Å²) in [5, 5.41) is 0. The summed E-state index contributed by atoms with van der Waals surface area (Å²) < 4.78 is 49.9. The summed E-state index contributed by atoms with van der Waals surface area (Å²) >= 11 is 0. The second-order valence-electron chi connectivity index (χ2n) is 7.42. The highest BCUT2D eigenvalue weighted by atomic mass is 32.2. The molecule has 0 radical (unpaired) electrons. The molecule has 0 bridgehead atoms. The van der Waals surface area contributed by atoms with Gasteiger partial charge in [0.1, 0.15) is 0 Å². The third kappa shape index (κ3) is 3.77. The number of hydrogen-bond donors (Lipinski definition) is 0. The molecule has 0 amide bonds. The van der Waals surface area contributed by atoms with Crippen LogP contribution in [0.3, 0.4) is 0 Å². The summed E-state index contributed by atoms with van der Waals surface area (Å²) in [5.74, 6) is -0.0410. The number of sulfonamides is 1. The van der Waals surface area contributed by atoms with Crippen molar-refractivity contribution in [1.29, 1.82) is 0 Å². The van der Waals surface area contributed by atoms with Crippen LogP contribution >= 0.6 is 0 Å². The maximum atomic E-state index is 12.2. The number of hydrogen-bond acceptors (Lipinski definition) is 5. The molecule has 2 fully saturated rings. The van der Waals surface area contributed by atoms with E-state index in [-0.39, 0.29) is 17.5 Å². The van der Waals surface area contributed by atoms with Gasteiger partial charge in [-0.3, -0.25) is 4.90 Å². The molecule has 2 heterocycles. The van der Waals surface area contributed by atoms with Crippen LogP contribution in [0.25, 0.3) is 0 Å². The van der Waals surface area contributed by atoms with Crippen molar-refractivity contribution in [3.05, 3.63) is 34.4 Å². The first-order valence-corrected chi connectivity index (χ1v) is 12.1. The highest BCUT2D eigenvalue weighted by molar-refractivity contribution is 7.92. The SMILES string of the molecule is Cc1cc(C)c(CN2CCN(S(C)(=O)=O)[C@@H]3CS(=O)(=O)C[C@@H]32)cc1C. The molecule has 0 aliphatic carbocycles. The van der Waals surface area contributed by atoms with E-state index < -0.39 is 25.9 Å². The molecule has 2 aliphatic heterocycles. The average Bonchev–Trinajstić information content (AvgIpc) is 2.78. The fourth-order valence-electron chi connectivity index (χ4n) is 4.01. The first kappa shape index (κ1) is 18.8. The molecule has 3 rings (SSSR count). The van der Waals surface area contributed by atoms with E-state index in [1.807, 2.05) is 0 Å². The molecule has 1 aromatic rings. The highest BCUT2D eigenvalue weighted by Gasteiger charge is 2.49. The van der Waals surface area contributed by atoms with Gasteiger partial charge in [-0.1, -0.05) is 12.1 Å². The quantitative estimate of drug-likeness (QED) is 0.770. The lowest BCUT2D eigenvalue weighted by Gasteiger charge is -2.42. The Balaban J connectivity index is 1.90. The summed E-state index contributed by atoms with van der Waals surface area (Å²) in [6, 6.07) is 3.57. The van der Waals surface area contributed by atoms with Gasteiger partial charge >= 0.3 is 0 Å². The van der Waals surface area contributed by atoms with Crippen LogP contribution in [0.15, 0.2) is 12.1 Å². The highest BCUT2D eigenvalue weighted by Crippen LogP contribution is 2.30. The number of piperazine rings is 1. The smallest absolute Gasteiger partial charge is 0.211 e. The third-order valence-corrected chi connectivity index (χ3v) is 8.50. The molecule has 6 nitrogen and oxygen atoms in total. The summed E-state index contributed by atoms with van der Waals surface area (Å²) in [6.07, 6.45) is 1.16. The zero-order chi connectivity index (χ0) is 18.6. The molecule has 1 aromatic carbocycles. The van der Waals surface area contributed by atoms with E-state index in [1.54, 1.807) is 0 Å². The molecule has 0 unspecified atom stereocenters. The van der Waals surface area contributed by atoms with E-state index in [0.29, 0.717) is 19.6 Å². The molecule has 0 aromatic heterocycles. The zero-order valence-corrected chi connectivity index (χ0v) is 16.8. The molecular weight excluding hydrogens is 360 g/mol. The van der Waals surface area contributed by atoms with Crippen molar-refractivity contribution >= 4 is 19.9 Å². The van der Waals surface area contributed by atoms with E-state index >= 15 is 0 Å². The van der Waals surface area contributed by atoms with Crippen molar-refractivity contribution in [2.75, 3.05) is 30.9 Å². The minimum absolute atomic E-state index is 0.0353. The molecule has 140 valence electrons. The van der Waals surface area contributed by atoms with Crippen molar-refractivity contribution in [2.45, 2.75) is 39.4 Å². The average molecular weight is 387 g/mol. The van der Waals surface area contributed by atoms with Gasteiger partial charge in [-0.25, -0.2) is 16.8 Å². The summed E-state index contributed by atoms with van der Waals surface area (Å²) in [4.78, 5) is 2.15. The second kappa shape index (κ2) is 6.33. The molecule has 0 saturated carbocycles. The predicted molar refractivity (Wildman–Crippen MR) is 98.8 cm³/mol. The van der Waals surface area contributed by atoms with Crippen LogP contribution < -0.4 is 0 Å². The maximum Gasteiger partial charge on any atom is 0.211 e. The Labute approximate surface area is 150 Å². The number of sulfone groups is 1. The van der Waals surface area contributed by atoms with Crippen LogP contribution in [0.4, 0.5) is 0 Å². The van der Waals surface area contributed by atoms with Gasteiger partial charge in [0.15, 0.2) is 9.84 Å². The lowest BCUT2D eigenvalue weighted by atomic mass is 9.99. The first-order valence-electron chi connectivity index (χ1n) is 8.46. The Hall–Kier alpha value is -0.960. The molecule has 0 N–H and O–H groups in total. The van der Waals surface area contributed by atoms with Gasteiger partial charge in [0.05, 0.1) is 23.8 Å². The van der Waals surface area contributed by atoms with E-state index in [2.05, 4.69) is 37.8 Å². The summed E-state index contributed by atoms with van der Waals surface area (Å²) in [5.41, 5.74) is 4.82. The van der Waals surface area contributed by atoms with Crippen LogP contribution in [-0.4, -0.2) is 69.0 Å². The Bertz CT molecular complexity index is 893. The van der Waals surface area contributed by atoms with Crippen LogP contribution in [0.1, 0.15) is 22.3 Å². The van der Waals surface area contributed by atoms with Gasteiger partial charge in [-0.05, 0) is 43.0 Å². The largest absolute Gasteiger partial charge is 0.292 e. The van der Waals surface area contributed by atoms with E-state index in [1.165, 1.54) is 26.6 Å². The Kier molecular flexibility index (Phi) is 4.77. The predicted octanol–water partition coefficient (Wildman–Crippen LogP) is 0.855. The minimum Gasteiger partial charge on any atom is -0.292 e. The first-order chi connectivity index (χ1) is 11.5. The lowest BCUT2D eigenvalue weighted by molar-refractivity contribution is 0.0893. The minimum atomic E-state index is -3.40. The van der Waals surface area contributed by atoms with Gasteiger partial charge < -0.3 is 0 Å². The second-order valence-corrected chi connectivity index (χ2v) is 11.5. The Morgan fingerprint density at radius 2 is 1.60 bits per heavy atom. The lowest BCUT2D eigenvalue weighted by Crippen LogP contribution is -2.59. The number of nitrogens with zero attached hydrogens (tertiary/aromatic N) is 2. The van der Waals surface area contributed by atoms with Crippen molar-refractivity contribution in [3.8, 4) is 0 Å².